The number of unbranched alkanes of at least 4 members (excludes halogenated alkanes) is 2. The summed E-state index contributed by atoms with van der Waals surface area (Å²) in [4.78, 5) is 0. The fourth-order valence-corrected chi connectivity index (χ4v) is 0.696. The quantitative estimate of drug-likeness (QED) is 0.519. The summed E-state index contributed by atoms with van der Waals surface area (Å²) in [7, 11) is 0. The van der Waals surface area contributed by atoms with E-state index in [9.17, 15) is 0 Å². The minimum atomic E-state index is 0.557. The maximum atomic E-state index is 5.27. The van der Waals surface area contributed by atoms with Crippen molar-refractivity contribution in [2.45, 2.75) is 40.0 Å². The third-order valence-electron chi connectivity index (χ3n) is 1.23. The summed E-state index contributed by atoms with van der Waals surface area (Å²) in [6.45, 7) is 9.26. The van der Waals surface area contributed by atoms with Crippen LogP contribution < -0.4 is 0 Å². The summed E-state index contributed by atoms with van der Waals surface area (Å²) < 4.78 is 5.27. The average molecular weight is 143 g/mol. The molecule has 0 N–H and O–H groups in total. The topological polar surface area (TPSA) is 9.23 Å². The molecule has 0 aromatic heterocycles. The van der Waals surface area contributed by atoms with Crippen molar-refractivity contribution in [2.75, 3.05) is 6.61 Å². The van der Waals surface area contributed by atoms with E-state index in [0.29, 0.717) is 5.92 Å². The van der Waals surface area contributed by atoms with E-state index in [4.69, 9.17) is 4.74 Å². The van der Waals surface area contributed by atoms with Crippen molar-refractivity contribution in [3.8, 4) is 0 Å². The molecule has 0 rings (SSSR count). The lowest BCUT2D eigenvalue weighted by Crippen LogP contribution is -1.96. The van der Waals surface area contributed by atoms with E-state index in [1.54, 1.807) is 0 Å². The molecular weight excluding hydrogens is 124 g/mol. The molecule has 0 aliphatic carbocycles. The molecule has 1 radical (unpaired) electrons. The van der Waals surface area contributed by atoms with Gasteiger partial charge in [-0.2, -0.15) is 0 Å². The molecule has 0 bridgehead atoms. The third-order valence-corrected chi connectivity index (χ3v) is 1.23. The van der Waals surface area contributed by atoms with Crippen LogP contribution in [0.1, 0.15) is 40.0 Å². The molecule has 0 fully saturated rings. The van der Waals surface area contributed by atoms with Gasteiger partial charge >= 0.3 is 0 Å². The molecular formula is C9H19O. The van der Waals surface area contributed by atoms with Crippen molar-refractivity contribution in [1.29, 1.82) is 0 Å². The zero-order chi connectivity index (χ0) is 7.82. The largest absolute Gasteiger partial charge is 0.375 e. The van der Waals surface area contributed by atoms with Crippen LogP contribution in [0.2, 0.25) is 0 Å². The van der Waals surface area contributed by atoms with Gasteiger partial charge in [-0.3, -0.25) is 0 Å². The fraction of sp³-hybridized carbons (Fsp3) is 0.889. The normalized spacial score (nSPS) is 10.8. The SMILES string of the molecule is CCCCCO[CH]C(C)C. The Morgan fingerprint density at radius 1 is 1.30 bits per heavy atom. The Hall–Kier alpha value is -0.0400. The summed E-state index contributed by atoms with van der Waals surface area (Å²) in [6.07, 6.45) is 3.75. The van der Waals surface area contributed by atoms with Crippen LogP contribution in [0.25, 0.3) is 0 Å². The van der Waals surface area contributed by atoms with Crippen molar-refractivity contribution >= 4 is 0 Å². The highest BCUT2D eigenvalue weighted by Gasteiger charge is 1.93. The Morgan fingerprint density at radius 3 is 2.50 bits per heavy atom. The molecule has 0 amide bonds. The van der Waals surface area contributed by atoms with Crippen LogP contribution in [0.4, 0.5) is 0 Å². The third kappa shape index (κ3) is 7.96. The zero-order valence-corrected chi connectivity index (χ0v) is 7.39. The Balaban J connectivity index is 2.77. The van der Waals surface area contributed by atoms with Crippen molar-refractivity contribution in [1.82, 2.24) is 0 Å². The molecule has 0 aromatic rings. The maximum absolute atomic E-state index is 5.27. The van der Waals surface area contributed by atoms with Crippen LogP contribution in [-0.2, 0) is 4.74 Å². The van der Waals surface area contributed by atoms with E-state index in [2.05, 4.69) is 20.8 Å². The molecule has 61 valence electrons. The van der Waals surface area contributed by atoms with Crippen molar-refractivity contribution in [3.05, 3.63) is 6.61 Å². The minimum absolute atomic E-state index is 0.557. The van der Waals surface area contributed by atoms with Crippen LogP contribution >= 0.6 is 0 Å². The first-order valence-electron chi connectivity index (χ1n) is 4.22. The Kier molecular flexibility index (Phi) is 7.04. The molecule has 0 saturated heterocycles. The van der Waals surface area contributed by atoms with Crippen molar-refractivity contribution < 1.29 is 4.74 Å². The Morgan fingerprint density at radius 2 is 2.00 bits per heavy atom. The second kappa shape index (κ2) is 7.07. The van der Waals surface area contributed by atoms with Gasteiger partial charge in [-0.05, 0) is 12.3 Å². The number of hydrogen-bond acceptors (Lipinski definition) is 1. The van der Waals surface area contributed by atoms with E-state index >= 15 is 0 Å². The average Bonchev–Trinajstić information content (AvgIpc) is 1.87. The molecule has 1 heteroatoms. The molecule has 0 atom stereocenters. The lowest BCUT2D eigenvalue weighted by atomic mass is 10.2. The molecule has 0 aliphatic heterocycles. The molecule has 10 heavy (non-hydrogen) atoms. The molecule has 0 saturated carbocycles. The van der Waals surface area contributed by atoms with Gasteiger partial charge in [-0.15, -0.1) is 0 Å². The first kappa shape index (κ1) is 9.96. The van der Waals surface area contributed by atoms with Gasteiger partial charge in [0.25, 0.3) is 0 Å². The minimum Gasteiger partial charge on any atom is -0.375 e. The van der Waals surface area contributed by atoms with Gasteiger partial charge in [-0.1, -0.05) is 33.6 Å². The van der Waals surface area contributed by atoms with E-state index in [1.165, 1.54) is 19.3 Å². The second-order valence-electron chi connectivity index (χ2n) is 2.96. The van der Waals surface area contributed by atoms with Crippen LogP contribution in [0.5, 0.6) is 0 Å². The molecule has 0 aliphatic rings. The standard InChI is InChI=1S/C9H19O/c1-4-5-6-7-10-8-9(2)3/h8-9H,4-7H2,1-3H3. The van der Waals surface area contributed by atoms with E-state index in [-0.39, 0.29) is 0 Å². The van der Waals surface area contributed by atoms with Gasteiger partial charge in [-0.25, -0.2) is 0 Å². The summed E-state index contributed by atoms with van der Waals surface area (Å²) in [5.74, 6) is 0.557. The van der Waals surface area contributed by atoms with E-state index < -0.39 is 0 Å². The van der Waals surface area contributed by atoms with Gasteiger partial charge < -0.3 is 4.74 Å². The van der Waals surface area contributed by atoms with E-state index in [0.717, 1.165) is 6.61 Å². The lowest BCUT2D eigenvalue weighted by molar-refractivity contribution is 0.169. The highest BCUT2D eigenvalue weighted by molar-refractivity contribution is 4.54. The molecule has 0 heterocycles. The number of hydrogen-bond donors (Lipinski definition) is 0. The molecule has 0 aromatic carbocycles. The van der Waals surface area contributed by atoms with Crippen LogP contribution in [0.3, 0.4) is 0 Å². The number of ether oxygens (including phenoxy) is 1. The highest BCUT2D eigenvalue weighted by Crippen LogP contribution is 2.01. The van der Waals surface area contributed by atoms with Crippen molar-refractivity contribution in [2.24, 2.45) is 5.92 Å². The molecule has 0 spiro atoms. The smallest absolute Gasteiger partial charge is 0.0861 e. The maximum Gasteiger partial charge on any atom is 0.0861 e. The summed E-state index contributed by atoms with van der Waals surface area (Å²) in [5.41, 5.74) is 0. The lowest BCUT2D eigenvalue weighted by Gasteiger charge is -2.04. The summed E-state index contributed by atoms with van der Waals surface area (Å²) in [5, 5.41) is 0. The first-order chi connectivity index (χ1) is 4.77. The predicted octanol–water partition coefficient (Wildman–Crippen LogP) is 3.01. The van der Waals surface area contributed by atoms with Gasteiger partial charge in [0.2, 0.25) is 0 Å². The molecule has 0 unspecified atom stereocenters. The first-order valence-corrected chi connectivity index (χ1v) is 4.22. The van der Waals surface area contributed by atoms with Crippen LogP contribution in [0.15, 0.2) is 0 Å². The Labute approximate surface area is 64.8 Å². The Bertz CT molecular complexity index is 59.7. The fourth-order valence-electron chi connectivity index (χ4n) is 0.696. The zero-order valence-electron chi connectivity index (χ0n) is 7.39. The van der Waals surface area contributed by atoms with Gasteiger partial charge in [0.05, 0.1) is 6.61 Å². The summed E-state index contributed by atoms with van der Waals surface area (Å²) in [6, 6.07) is 0. The van der Waals surface area contributed by atoms with E-state index in [1.807, 2.05) is 6.61 Å². The van der Waals surface area contributed by atoms with Gasteiger partial charge in [0.15, 0.2) is 0 Å². The van der Waals surface area contributed by atoms with Crippen molar-refractivity contribution in [3.63, 3.8) is 0 Å². The predicted molar refractivity (Wildman–Crippen MR) is 44.6 cm³/mol. The highest BCUT2D eigenvalue weighted by atomic mass is 16.5. The summed E-state index contributed by atoms with van der Waals surface area (Å²) >= 11 is 0. The van der Waals surface area contributed by atoms with Gasteiger partial charge in [0, 0.05) is 6.61 Å². The van der Waals surface area contributed by atoms with Gasteiger partial charge in [0.1, 0.15) is 0 Å². The molecule has 1 nitrogen and oxygen atoms in total. The van der Waals surface area contributed by atoms with Crippen LogP contribution in [0, 0.1) is 12.5 Å². The number of rotatable bonds is 6. The monoisotopic (exact) mass is 143 g/mol. The van der Waals surface area contributed by atoms with Crippen LogP contribution in [-0.4, -0.2) is 6.61 Å². The second-order valence-corrected chi connectivity index (χ2v) is 2.96.